The van der Waals surface area contributed by atoms with E-state index in [1.54, 1.807) is 37.3 Å². The van der Waals surface area contributed by atoms with Gasteiger partial charge in [0.1, 0.15) is 11.3 Å². The van der Waals surface area contributed by atoms with Crippen molar-refractivity contribution in [2.75, 3.05) is 0 Å². The van der Waals surface area contributed by atoms with Crippen LogP contribution in [0.5, 0.6) is 0 Å². The lowest BCUT2D eigenvalue weighted by molar-refractivity contribution is -0.162. The smallest absolute Gasteiger partial charge is 0.184 e. The molecule has 1 N–H and O–H groups in total. The van der Waals surface area contributed by atoms with Gasteiger partial charge in [-0.05, 0) is 70.3 Å². The van der Waals surface area contributed by atoms with Crippen LogP contribution in [-0.2, 0) is 19.2 Å². The van der Waals surface area contributed by atoms with Crippen molar-refractivity contribution in [3.63, 3.8) is 0 Å². The molecule has 2 fully saturated rings. The first-order valence-electron chi connectivity index (χ1n) is 13.3. The number of hydrogen-bond acceptors (Lipinski definition) is 5. The molecule has 0 amide bonds. The third kappa shape index (κ3) is 5.43. The SMILES string of the molecule is C=C(C)C(=O)CC/C(C)=C/C[C@@H]1C[C@]2(CC=C(C)C)C(=O)C(=C(O)c3ccccc3)C(=O)[C@@H](C2=O)C1(C)C. The predicted molar refractivity (Wildman–Crippen MR) is 150 cm³/mol. The molecule has 2 aliphatic rings. The molecule has 0 aliphatic heterocycles. The van der Waals surface area contributed by atoms with E-state index in [-0.39, 0.29) is 35.2 Å². The predicted octanol–water partition coefficient (Wildman–Crippen LogP) is 6.94. The summed E-state index contributed by atoms with van der Waals surface area (Å²) in [6.07, 6.45) is 6.05. The van der Waals surface area contributed by atoms with Crippen molar-refractivity contribution in [2.24, 2.45) is 22.7 Å². The van der Waals surface area contributed by atoms with Gasteiger partial charge >= 0.3 is 0 Å². The van der Waals surface area contributed by atoms with Crippen LogP contribution in [0.25, 0.3) is 5.76 Å². The zero-order valence-corrected chi connectivity index (χ0v) is 23.5. The number of carbonyl (C=O) groups excluding carboxylic acids is 4. The normalized spacial score (nSPS) is 26.2. The molecule has 2 bridgehead atoms. The van der Waals surface area contributed by atoms with Crippen LogP contribution < -0.4 is 0 Å². The van der Waals surface area contributed by atoms with Crippen LogP contribution in [-0.4, -0.2) is 28.2 Å². The Morgan fingerprint density at radius 1 is 1.03 bits per heavy atom. The van der Waals surface area contributed by atoms with Crippen molar-refractivity contribution in [3.05, 3.63) is 76.9 Å². The van der Waals surface area contributed by atoms with Gasteiger partial charge in [0.25, 0.3) is 0 Å². The molecule has 5 nitrogen and oxygen atoms in total. The number of aliphatic hydroxyl groups is 1. The number of rotatable bonds is 9. The van der Waals surface area contributed by atoms with Crippen LogP contribution >= 0.6 is 0 Å². The largest absolute Gasteiger partial charge is 0.506 e. The van der Waals surface area contributed by atoms with Crippen molar-refractivity contribution in [1.82, 2.24) is 0 Å². The highest BCUT2D eigenvalue weighted by atomic mass is 16.3. The topological polar surface area (TPSA) is 88.5 Å². The zero-order chi connectivity index (χ0) is 28.4. The fourth-order valence-electron chi connectivity index (χ4n) is 5.77. The Kier molecular flexibility index (Phi) is 8.60. The molecule has 1 aromatic carbocycles. The van der Waals surface area contributed by atoms with Gasteiger partial charge in [-0.15, -0.1) is 0 Å². The van der Waals surface area contributed by atoms with Crippen LogP contribution in [0.2, 0.25) is 0 Å². The molecule has 0 spiro atoms. The van der Waals surface area contributed by atoms with Gasteiger partial charge in [0.15, 0.2) is 23.1 Å². The monoisotopic (exact) mass is 516 g/mol. The molecule has 202 valence electrons. The second kappa shape index (κ2) is 11.2. The number of Topliss-reactive ketones (excluding diaryl/α,β-unsaturated/α-hetero) is 4. The van der Waals surface area contributed by atoms with E-state index in [1.165, 1.54) is 0 Å². The van der Waals surface area contributed by atoms with Crippen molar-refractivity contribution in [1.29, 1.82) is 0 Å². The molecule has 5 heteroatoms. The number of ketones is 4. The Balaban J connectivity index is 2.07. The van der Waals surface area contributed by atoms with E-state index in [0.29, 0.717) is 36.8 Å². The van der Waals surface area contributed by atoms with E-state index in [0.717, 1.165) is 11.1 Å². The summed E-state index contributed by atoms with van der Waals surface area (Å²) in [6, 6.07) is 8.55. The second-order valence-electron chi connectivity index (χ2n) is 11.9. The van der Waals surface area contributed by atoms with Crippen LogP contribution in [0, 0.1) is 22.7 Å². The minimum atomic E-state index is -1.40. The van der Waals surface area contributed by atoms with Gasteiger partial charge in [-0.25, -0.2) is 0 Å². The van der Waals surface area contributed by atoms with E-state index in [1.807, 2.05) is 40.7 Å². The Labute approximate surface area is 226 Å². The molecule has 0 aromatic heterocycles. The second-order valence-corrected chi connectivity index (χ2v) is 11.9. The Morgan fingerprint density at radius 2 is 1.66 bits per heavy atom. The molecule has 2 saturated carbocycles. The lowest BCUT2D eigenvalue weighted by atomic mass is 9.46. The third-order valence-electron chi connectivity index (χ3n) is 8.41. The molecule has 2 aliphatic carbocycles. The average Bonchev–Trinajstić information content (AvgIpc) is 2.85. The summed E-state index contributed by atoms with van der Waals surface area (Å²) < 4.78 is 0. The summed E-state index contributed by atoms with van der Waals surface area (Å²) in [5.41, 5.74) is 0.576. The highest BCUT2D eigenvalue weighted by Gasteiger charge is 2.66. The summed E-state index contributed by atoms with van der Waals surface area (Å²) in [5, 5.41) is 11.1. The van der Waals surface area contributed by atoms with Crippen LogP contribution in [0.4, 0.5) is 0 Å². The number of fused-ring (bicyclic) bond motifs is 2. The van der Waals surface area contributed by atoms with Crippen molar-refractivity contribution < 1.29 is 24.3 Å². The first kappa shape index (κ1) is 29.2. The molecule has 38 heavy (non-hydrogen) atoms. The van der Waals surface area contributed by atoms with Gasteiger partial charge in [-0.2, -0.15) is 0 Å². The molecule has 0 radical (unpaired) electrons. The highest BCUT2D eigenvalue weighted by molar-refractivity contribution is 6.39. The standard InChI is InChI=1S/C33H40O5/c1-20(2)17-18-33-19-24(15-13-22(5)14-16-25(34)21(3)4)32(6,7)27(31(33)38)29(36)26(30(33)37)28(35)23-11-9-8-10-12-23/h8-13,17,24,27,35H,3,14-16,18-19H2,1-2,4-7H3/b22-13+,28-26?/t24-,27+,33-/m1/s1. The summed E-state index contributed by atoms with van der Waals surface area (Å²) in [4.78, 5) is 53.9. The van der Waals surface area contributed by atoms with Crippen LogP contribution in [0.1, 0.15) is 79.2 Å². The highest BCUT2D eigenvalue weighted by Crippen LogP contribution is 2.58. The molecule has 0 unspecified atom stereocenters. The summed E-state index contributed by atoms with van der Waals surface area (Å²) in [5.74, 6) is -2.95. The Bertz CT molecular complexity index is 1250. The van der Waals surface area contributed by atoms with Crippen molar-refractivity contribution in [2.45, 2.75) is 73.6 Å². The van der Waals surface area contributed by atoms with E-state index < -0.39 is 28.3 Å². The third-order valence-corrected chi connectivity index (χ3v) is 8.41. The summed E-state index contributed by atoms with van der Waals surface area (Å²) >= 11 is 0. The minimum absolute atomic E-state index is 0.0327. The molecule has 3 rings (SSSR count). The summed E-state index contributed by atoms with van der Waals surface area (Å²) in [6.45, 7) is 15.1. The number of hydrogen-bond donors (Lipinski definition) is 1. The maximum Gasteiger partial charge on any atom is 0.184 e. The lowest BCUT2D eigenvalue weighted by Crippen LogP contribution is -2.62. The zero-order valence-electron chi connectivity index (χ0n) is 23.5. The molecule has 3 atom stereocenters. The van der Waals surface area contributed by atoms with E-state index >= 15 is 0 Å². The summed E-state index contributed by atoms with van der Waals surface area (Å²) in [7, 11) is 0. The lowest BCUT2D eigenvalue weighted by Gasteiger charge is -2.53. The van der Waals surface area contributed by atoms with Gasteiger partial charge in [0.05, 0.1) is 11.3 Å². The van der Waals surface area contributed by atoms with E-state index in [2.05, 4.69) is 12.7 Å². The average molecular weight is 517 g/mol. The number of aliphatic hydroxyl groups excluding tert-OH is 1. The number of carbonyl (C=O) groups is 4. The first-order valence-corrected chi connectivity index (χ1v) is 13.3. The molecular weight excluding hydrogens is 476 g/mol. The quantitative estimate of drug-likeness (QED) is 0.126. The Hall–Kier alpha value is -3.34. The molecule has 0 heterocycles. The van der Waals surface area contributed by atoms with Gasteiger partial charge in [-0.1, -0.05) is 74.1 Å². The number of allylic oxidation sites excluding steroid dienone is 6. The van der Waals surface area contributed by atoms with Crippen molar-refractivity contribution in [3.8, 4) is 0 Å². The van der Waals surface area contributed by atoms with Gasteiger partial charge in [-0.3, -0.25) is 19.2 Å². The van der Waals surface area contributed by atoms with E-state index in [9.17, 15) is 24.3 Å². The number of benzene rings is 1. The maximum atomic E-state index is 14.1. The van der Waals surface area contributed by atoms with Crippen molar-refractivity contribution >= 4 is 28.9 Å². The maximum absolute atomic E-state index is 14.1. The van der Waals surface area contributed by atoms with Crippen LogP contribution in [0.3, 0.4) is 0 Å². The molecule has 1 aromatic rings. The fourth-order valence-corrected chi connectivity index (χ4v) is 5.77. The van der Waals surface area contributed by atoms with Gasteiger partial charge in [0, 0.05) is 12.0 Å². The molecular formula is C33H40O5. The Morgan fingerprint density at radius 3 is 2.24 bits per heavy atom. The molecule has 0 saturated heterocycles. The van der Waals surface area contributed by atoms with Gasteiger partial charge < -0.3 is 5.11 Å². The first-order chi connectivity index (χ1) is 17.7. The van der Waals surface area contributed by atoms with Crippen LogP contribution in [0.15, 0.2) is 71.4 Å². The fraction of sp³-hybridized carbons (Fsp3) is 0.455. The van der Waals surface area contributed by atoms with E-state index in [4.69, 9.17) is 0 Å². The van der Waals surface area contributed by atoms with Gasteiger partial charge in [0.2, 0.25) is 0 Å². The minimum Gasteiger partial charge on any atom is -0.506 e.